The van der Waals surface area contributed by atoms with E-state index in [1.54, 1.807) is 0 Å². The number of hydrogen-bond donors (Lipinski definition) is 0. The second kappa shape index (κ2) is 6.28. The second-order valence-corrected chi connectivity index (χ2v) is 9.23. The SMILES string of the molecule is CC1(C)C(C(=O)OCc2cccc3c2CCCc2ccccc2-3)C1(Cl)Cl. The van der Waals surface area contributed by atoms with Crippen LogP contribution in [0.1, 0.15) is 37.0 Å². The van der Waals surface area contributed by atoms with Crippen molar-refractivity contribution in [2.24, 2.45) is 11.3 Å². The number of aryl methyl sites for hydroxylation is 1. The molecule has 1 unspecified atom stereocenters. The summed E-state index contributed by atoms with van der Waals surface area (Å²) < 4.78 is 4.58. The molecule has 1 saturated carbocycles. The lowest BCUT2D eigenvalue weighted by atomic mass is 9.93. The van der Waals surface area contributed by atoms with Gasteiger partial charge >= 0.3 is 5.97 Å². The minimum absolute atomic E-state index is 0.264. The van der Waals surface area contributed by atoms with Crippen molar-refractivity contribution >= 4 is 29.2 Å². The van der Waals surface area contributed by atoms with Crippen LogP contribution < -0.4 is 0 Å². The molecular weight excluding hydrogens is 367 g/mol. The topological polar surface area (TPSA) is 26.3 Å². The van der Waals surface area contributed by atoms with Crippen molar-refractivity contribution in [3.8, 4) is 11.1 Å². The van der Waals surface area contributed by atoms with E-state index in [1.165, 1.54) is 22.3 Å². The van der Waals surface area contributed by atoms with Gasteiger partial charge in [0.2, 0.25) is 0 Å². The molecule has 136 valence electrons. The third kappa shape index (κ3) is 2.75. The fourth-order valence-corrected chi connectivity index (χ4v) is 4.94. The van der Waals surface area contributed by atoms with Crippen molar-refractivity contribution in [1.29, 1.82) is 0 Å². The first-order valence-corrected chi connectivity index (χ1v) is 9.83. The fourth-order valence-electron chi connectivity index (χ4n) is 4.11. The Morgan fingerprint density at radius 2 is 1.77 bits per heavy atom. The van der Waals surface area contributed by atoms with Crippen LogP contribution in [0.15, 0.2) is 42.5 Å². The van der Waals surface area contributed by atoms with E-state index < -0.39 is 15.7 Å². The molecule has 4 rings (SSSR count). The molecule has 2 aliphatic rings. The molecule has 0 saturated heterocycles. The molecule has 0 heterocycles. The second-order valence-electron chi connectivity index (χ2n) is 7.84. The van der Waals surface area contributed by atoms with Crippen LogP contribution in [-0.4, -0.2) is 10.3 Å². The molecule has 1 fully saturated rings. The molecular formula is C22H22Cl2O2. The zero-order chi connectivity index (χ0) is 18.5. The number of halogens is 2. The Morgan fingerprint density at radius 3 is 2.50 bits per heavy atom. The van der Waals surface area contributed by atoms with Gasteiger partial charge in [-0.25, -0.2) is 0 Å². The zero-order valence-corrected chi connectivity index (χ0v) is 16.5. The van der Waals surface area contributed by atoms with Crippen molar-refractivity contribution < 1.29 is 9.53 Å². The van der Waals surface area contributed by atoms with Gasteiger partial charge in [-0.05, 0) is 47.1 Å². The summed E-state index contributed by atoms with van der Waals surface area (Å²) in [6.07, 6.45) is 3.15. The molecule has 0 aliphatic heterocycles. The van der Waals surface area contributed by atoms with Crippen LogP contribution in [0.2, 0.25) is 0 Å². The summed E-state index contributed by atoms with van der Waals surface area (Å²) in [4.78, 5) is 12.5. The summed E-state index contributed by atoms with van der Waals surface area (Å²) in [6, 6.07) is 14.8. The maximum Gasteiger partial charge on any atom is 0.313 e. The first-order valence-electron chi connectivity index (χ1n) is 9.07. The van der Waals surface area contributed by atoms with E-state index in [0.29, 0.717) is 0 Å². The van der Waals surface area contributed by atoms with Gasteiger partial charge in [-0.1, -0.05) is 56.3 Å². The zero-order valence-electron chi connectivity index (χ0n) is 15.0. The quantitative estimate of drug-likeness (QED) is 0.496. The van der Waals surface area contributed by atoms with E-state index in [2.05, 4.69) is 30.3 Å². The molecule has 4 heteroatoms. The predicted molar refractivity (Wildman–Crippen MR) is 105 cm³/mol. The van der Waals surface area contributed by atoms with E-state index in [-0.39, 0.29) is 12.6 Å². The van der Waals surface area contributed by atoms with Gasteiger partial charge in [0.15, 0.2) is 0 Å². The number of benzene rings is 2. The summed E-state index contributed by atoms with van der Waals surface area (Å²) in [5.41, 5.74) is 5.83. The van der Waals surface area contributed by atoms with Crippen molar-refractivity contribution in [2.45, 2.75) is 44.1 Å². The molecule has 2 aromatic rings. The molecule has 0 radical (unpaired) electrons. The van der Waals surface area contributed by atoms with E-state index in [1.807, 2.05) is 26.0 Å². The normalized spacial score (nSPS) is 21.9. The van der Waals surface area contributed by atoms with Gasteiger partial charge in [-0.15, -0.1) is 23.2 Å². The number of carbonyl (C=O) groups is 1. The standard InChI is InChI=1S/C22H22Cl2O2/c1-21(2)19(22(21,23)24)20(25)26-13-15-9-6-12-18-16-10-4-3-7-14(16)8-5-11-17(15)18/h3-4,6-7,9-10,12,19H,5,8,11,13H2,1-2H3. The van der Waals surface area contributed by atoms with Gasteiger partial charge in [-0.3, -0.25) is 4.79 Å². The summed E-state index contributed by atoms with van der Waals surface area (Å²) in [5.74, 6) is -0.784. The van der Waals surface area contributed by atoms with Gasteiger partial charge < -0.3 is 4.74 Å². The Bertz CT molecular complexity index is 856. The molecule has 0 aromatic heterocycles. The van der Waals surface area contributed by atoms with Crippen molar-refractivity contribution in [1.82, 2.24) is 0 Å². The molecule has 0 bridgehead atoms. The highest BCUT2D eigenvalue weighted by Gasteiger charge is 2.74. The van der Waals surface area contributed by atoms with Crippen LogP contribution in [0.5, 0.6) is 0 Å². The molecule has 0 spiro atoms. The maximum absolute atomic E-state index is 12.5. The Morgan fingerprint density at radius 1 is 1.08 bits per heavy atom. The van der Waals surface area contributed by atoms with Crippen LogP contribution in [0, 0.1) is 11.3 Å². The largest absolute Gasteiger partial charge is 0.460 e. The van der Waals surface area contributed by atoms with Crippen LogP contribution in [0.4, 0.5) is 0 Å². The van der Waals surface area contributed by atoms with Crippen LogP contribution in [0.25, 0.3) is 11.1 Å². The average Bonchev–Trinajstić information content (AvgIpc) is 3.11. The number of ether oxygens (including phenoxy) is 1. The number of esters is 1. The Hall–Kier alpha value is -1.51. The first-order chi connectivity index (χ1) is 12.3. The Balaban J connectivity index is 1.58. The summed E-state index contributed by atoms with van der Waals surface area (Å²) in [7, 11) is 0. The van der Waals surface area contributed by atoms with E-state index >= 15 is 0 Å². The van der Waals surface area contributed by atoms with E-state index in [9.17, 15) is 4.79 Å². The average molecular weight is 389 g/mol. The summed E-state index contributed by atoms with van der Waals surface area (Å²) in [5, 5.41) is 0. The lowest BCUT2D eigenvalue weighted by molar-refractivity contribution is -0.147. The maximum atomic E-state index is 12.5. The molecule has 2 nitrogen and oxygen atoms in total. The highest BCUT2D eigenvalue weighted by Crippen LogP contribution is 2.69. The van der Waals surface area contributed by atoms with Crippen LogP contribution >= 0.6 is 23.2 Å². The first kappa shape index (κ1) is 17.9. The smallest absolute Gasteiger partial charge is 0.313 e. The lowest BCUT2D eigenvalue weighted by Gasteiger charge is -2.14. The van der Waals surface area contributed by atoms with E-state index in [0.717, 1.165) is 24.8 Å². The summed E-state index contributed by atoms with van der Waals surface area (Å²) in [6.45, 7) is 4.05. The Kier molecular flexibility index (Phi) is 4.32. The lowest BCUT2D eigenvalue weighted by Crippen LogP contribution is -2.12. The van der Waals surface area contributed by atoms with Gasteiger partial charge in [0.1, 0.15) is 10.9 Å². The number of rotatable bonds is 3. The number of alkyl halides is 2. The molecule has 26 heavy (non-hydrogen) atoms. The Labute approximate surface area is 164 Å². The molecule has 2 aromatic carbocycles. The number of fused-ring (bicyclic) bond motifs is 3. The molecule has 1 atom stereocenters. The minimum atomic E-state index is -1.03. The summed E-state index contributed by atoms with van der Waals surface area (Å²) >= 11 is 12.5. The van der Waals surface area contributed by atoms with Crippen LogP contribution in [-0.2, 0) is 29.0 Å². The fraction of sp³-hybridized carbons (Fsp3) is 0.409. The third-order valence-corrected chi connectivity index (χ3v) is 7.33. The van der Waals surface area contributed by atoms with Crippen molar-refractivity contribution in [3.63, 3.8) is 0 Å². The molecule has 0 N–H and O–H groups in total. The van der Waals surface area contributed by atoms with Crippen LogP contribution in [0.3, 0.4) is 0 Å². The third-order valence-electron chi connectivity index (χ3n) is 5.92. The molecule has 2 aliphatic carbocycles. The van der Waals surface area contributed by atoms with Crippen molar-refractivity contribution in [2.75, 3.05) is 0 Å². The monoisotopic (exact) mass is 388 g/mol. The number of hydrogen-bond acceptors (Lipinski definition) is 2. The van der Waals surface area contributed by atoms with Gasteiger partial charge in [0.25, 0.3) is 0 Å². The minimum Gasteiger partial charge on any atom is -0.460 e. The van der Waals surface area contributed by atoms with Gasteiger partial charge in [0.05, 0.1) is 5.92 Å². The number of carbonyl (C=O) groups excluding carboxylic acids is 1. The van der Waals surface area contributed by atoms with Gasteiger partial charge in [0, 0.05) is 5.41 Å². The van der Waals surface area contributed by atoms with Gasteiger partial charge in [-0.2, -0.15) is 0 Å². The predicted octanol–water partition coefficient (Wildman–Crippen LogP) is 5.72. The molecule has 0 amide bonds. The highest BCUT2D eigenvalue weighted by atomic mass is 35.5. The highest BCUT2D eigenvalue weighted by molar-refractivity contribution is 6.53. The van der Waals surface area contributed by atoms with E-state index in [4.69, 9.17) is 27.9 Å². The van der Waals surface area contributed by atoms with Crippen molar-refractivity contribution in [3.05, 3.63) is 59.2 Å².